The SMILES string of the molecule is CCCCC([CH]c1ccccc1)CC. The first-order valence-corrected chi connectivity index (χ1v) is 5.76. The lowest BCUT2D eigenvalue weighted by atomic mass is 9.92. The predicted molar refractivity (Wildman–Crippen MR) is 63.2 cm³/mol. The molecule has 77 valence electrons. The molecule has 0 heterocycles. The van der Waals surface area contributed by atoms with Crippen LogP contribution in [0.1, 0.15) is 45.1 Å². The van der Waals surface area contributed by atoms with Crippen molar-refractivity contribution in [1.82, 2.24) is 0 Å². The maximum Gasteiger partial charge on any atom is -0.00622 e. The van der Waals surface area contributed by atoms with E-state index in [4.69, 9.17) is 0 Å². The molecule has 1 rings (SSSR count). The molecule has 0 aliphatic carbocycles. The molecule has 0 bridgehead atoms. The van der Waals surface area contributed by atoms with Crippen molar-refractivity contribution in [2.75, 3.05) is 0 Å². The second-order valence-corrected chi connectivity index (χ2v) is 3.89. The fourth-order valence-electron chi connectivity index (χ4n) is 1.71. The van der Waals surface area contributed by atoms with E-state index in [0.717, 1.165) is 5.92 Å². The van der Waals surface area contributed by atoms with Crippen molar-refractivity contribution in [3.8, 4) is 0 Å². The van der Waals surface area contributed by atoms with Crippen LogP contribution in [0.15, 0.2) is 30.3 Å². The number of hydrogen-bond donors (Lipinski definition) is 0. The average molecular weight is 189 g/mol. The normalized spacial score (nSPS) is 12.7. The molecule has 1 atom stereocenters. The maximum atomic E-state index is 2.41. The van der Waals surface area contributed by atoms with E-state index in [-0.39, 0.29) is 0 Å². The van der Waals surface area contributed by atoms with Gasteiger partial charge in [0.2, 0.25) is 0 Å². The zero-order valence-corrected chi connectivity index (χ0v) is 9.37. The van der Waals surface area contributed by atoms with Crippen molar-refractivity contribution in [1.29, 1.82) is 0 Å². The minimum absolute atomic E-state index is 0.761. The Balaban J connectivity index is 2.40. The van der Waals surface area contributed by atoms with E-state index >= 15 is 0 Å². The molecule has 0 heteroatoms. The zero-order chi connectivity index (χ0) is 10.2. The van der Waals surface area contributed by atoms with Crippen LogP contribution < -0.4 is 0 Å². The van der Waals surface area contributed by atoms with Crippen LogP contribution >= 0.6 is 0 Å². The lowest BCUT2D eigenvalue weighted by molar-refractivity contribution is 0.516. The fourth-order valence-corrected chi connectivity index (χ4v) is 1.71. The van der Waals surface area contributed by atoms with Crippen LogP contribution in [0.5, 0.6) is 0 Å². The molecule has 0 N–H and O–H groups in total. The van der Waals surface area contributed by atoms with Gasteiger partial charge in [0.25, 0.3) is 0 Å². The van der Waals surface area contributed by atoms with Crippen LogP contribution in [-0.2, 0) is 0 Å². The minimum atomic E-state index is 0.761. The Morgan fingerprint density at radius 3 is 2.43 bits per heavy atom. The van der Waals surface area contributed by atoms with E-state index < -0.39 is 0 Å². The van der Waals surface area contributed by atoms with Gasteiger partial charge in [-0.1, -0.05) is 63.4 Å². The van der Waals surface area contributed by atoms with Crippen molar-refractivity contribution in [2.45, 2.75) is 39.5 Å². The van der Waals surface area contributed by atoms with Crippen molar-refractivity contribution >= 4 is 0 Å². The molecule has 1 aromatic carbocycles. The van der Waals surface area contributed by atoms with Gasteiger partial charge in [0.15, 0.2) is 0 Å². The number of benzene rings is 1. The van der Waals surface area contributed by atoms with E-state index in [1.165, 1.54) is 31.2 Å². The highest BCUT2D eigenvalue weighted by molar-refractivity contribution is 5.23. The first-order chi connectivity index (χ1) is 6.86. The number of unbranched alkanes of at least 4 members (excludes halogenated alkanes) is 1. The molecule has 0 aromatic heterocycles. The van der Waals surface area contributed by atoms with Gasteiger partial charge in [0.05, 0.1) is 0 Å². The van der Waals surface area contributed by atoms with Crippen LogP contribution in [0.25, 0.3) is 0 Å². The van der Waals surface area contributed by atoms with Gasteiger partial charge < -0.3 is 0 Å². The average Bonchev–Trinajstić information content (AvgIpc) is 2.25. The smallest absolute Gasteiger partial charge is 0.00622 e. The highest BCUT2D eigenvalue weighted by Crippen LogP contribution is 2.19. The molecule has 1 radical (unpaired) electrons. The van der Waals surface area contributed by atoms with Gasteiger partial charge in [-0.15, -0.1) is 0 Å². The van der Waals surface area contributed by atoms with E-state index in [9.17, 15) is 0 Å². The second-order valence-electron chi connectivity index (χ2n) is 3.89. The second kappa shape index (κ2) is 6.64. The summed E-state index contributed by atoms with van der Waals surface area (Å²) in [5.41, 5.74) is 1.37. The Labute approximate surface area is 88.4 Å². The highest BCUT2D eigenvalue weighted by atomic mass is 14.1. The Hall–Kier alpha value is -0.780. The first-order valence-electron chi connectivity index (χ1n) is 5.76. The summed E-state index contributed by atoms with van der Waals surface area (Å²) >= 11 is 0. The third-order valence-corrected chi connectivity index (χ3v) is 2.68. The van der Waals surface area contributed by atoms with E-state index in [2.05, 4.69) is 50.6 Å². The van der Waals surface area contributed by atoms with Crippen molar-refractivity contribution in [3.63, 3.8) is 0 Å². The molecular formula is C14H21. The highest BCUT2D eigenvalue weighted by Gasteiger charge is 2.06. The lowest BCUT2D eigenvalue weighted by Crippen LogP contribution is -2.00. The van der Waals surface area contributed by atoms with Crippen LogP contribution in [0.2, 0.25) is 0 Å². The van der Waals surface area contributed by atoms with E-state index in [0.29, 0.717) is 0 Å². The largest absolute Gasteiger partial charge is 0.0654 e. The van der Waals surface area contributed by atoms with Crippen LogP contribution in [0, 0.1) is 12.3 Å². The Morgan fingerprint density at radius 2 is 1.86 bits per heavy atom. The summed E-state index contributed by atoms with van der Waals surface area (Å²) < 4.78 is 0. The van der Waals surface area contributed by atoms with Gasteiger partial charge in [0, 0.05) is 0 Å². The molecule has 1 unspecified atom stereocenters. The molecule has 0 aliphatic rings. The summed E-state index contributed by atoms with van der Waals surface area (Å²) in [5, 5.41) is 0. The monoisotopic (exact) mass is 189 g/mol. The third-order valence-electron chi connectivity index (χ3n) is 2.68. The van der Waals surface area contributed by atoms with Gasteiger partial charge in [-0.25, -0.2) is 0 Å². The summed E-state index contributed by atoms with van der Waals surface area (Å²) in [4.78, 5) is 0. The molecule has 0 fully saturated rings. The number of hydrogen-bond acceptors (Lipinski definition) is 0. The summed E-state index contributed by atoms with van der Waals surface area (Å²) in [6.07, 6.45) is 7.66. The molecule has 0 nitrogen and oxygen atoms in total. The Bertz CT molecular complexity index is 225. The van der Waals surface area contributed by atoms with Crippen molar-refractivity contribution in [2.24, 2.45) is 5.92 Å². The van der Waals surface area contributed by atoms with E-state index in [1.54, 1.807) is 0 Å². The third kappa shape index (κ3) is 3.95. The zero-order valence-electron chi connectivity index (χ0n) is 9.37. The number of rotatable bonds is 6. The summed E-state index contributed by atoms with van der Waals surface area (Å²) in [6, 6.07) is 10.7. The molecular weight excluding hydrogens is 168 g/mol. The molecule has 0 saturated carbocycles. The Kier molecular flexibility index (Phi) is 5.36. The van der Waals surface area contributed by atoms with Gasteiger partial charge >= 0.3 is 0 Å². The van der Waals surface area contributed by atoms with Gasteiger partial charge in [-0.3, -0.25) is 0 Å². The van der Waals surface area contributed by atoms with E-state index in [1.807, 2.05) is 0 Å². The van der Waals surface area contributed by atoms with Crippen LogP contribution in [0.4, 0.5) is 0 Å². The van der Waals surface area contributed by atoms with Crippen LogP contribution in [0.3, 0.4) is 0 Å². The quantitative estimate of drug-likeness (QED) is 0.620. The molecule has 1 aromatic rings. The topological polar surface area (TPSA) is 0 Å². The minimum Gasteiger partial charge on any atom is -0.0654 e. The Morgan fingerprint density at radius 1 is 1.14 bits per heavy atom. The molecule has 0 spiro atoms. The van der Waals surface area contributed by atoms with Crippen molar-refractivity contribution in [3.05, 3.63) is 42.3 Å². The maximum absolute atomic E-state index is 2.41. The standard InChI is InChI=1S/C14H21/c1-3-5-9-13(4-2)12-14-10-7-6-8-11-14/h6-8,10-13H,3-5,9H2,1-2H3. The predicted octanol–water partition coefficient (Wildman–Crippen LogP) is 4.46. The van der Waals surface area contributed by atoms with Gasteiger partial charge in [-0.05, 0) is 24.3 Å². The van der Waals surface area contributed by atoms with Gasteiger partial charge in [-0.2, -0.15) is 0 Å². The summed E-state index contributed by atoms with van der Waals surface area (Å²) in [6.45, 7) is 4.54. The first kappa shape index (κ1) is 11.3. The lowest BCUT2D eigenvalue weighted by Gasteiger charge is -2.13. The molecule has 14 heavy (non-hydrogen) atoms. The van der Waals surface area contributed by atoms with Crippen LogP contribution in [-0.4, -0.2) is 0 Å². The molecule has 0 amide bonds. The summed E-state index contributed by atoms with van der Waals surface area (Å²) in [5.74, 6) is 0.761. The van der Waals surface area contributed by atoms with Gasteiger partial charge in [0.1, 0.15) is 0 Å². The molecule has 0 saturated heterocycles. The molecule has 0 aliphatic heterocycles. The fraction of sp³-hybridized carbons (Fsp3) is 0.500. The summed E-state index contributed by atoms with van der Waals surface area (Å²) in [7, 11) is 0. The van der Waals surface area contributed by atoms with Crippen molar-refractivity contribution < 1.29 is 0 Å².